The van der Waals surface area contributed by atoms with E-state index < -0.39 is 0 Å². The summed E-state index contributed by atoms with van der Waals surface area (Å²) < 4.78 is 5.11. The fraction of sp³-hybridized carbons (Fsp3) is 0.167. The Kier molecular flexibility index (Phi) is 5.66. The number of pyridine rings is 1. The van der Waals surface area contributed by atoms with E-state index in [0.717, 1.165) is 0 Å². The van der Waals surface area contributed by atoms with E-state index in [1.807, 2.05) is 24.3 Å². The van der Waals surface area contributed by atoms with Crippen molar-refractivity contribution in [1.82, 2.24) is 20.4 Å². The van der Waals surface area contributed by atoms with Gasteiger partial charge in [-0.2, -0.15) is 4.98 Å². The number of hydrogen-bond donors (Lipinski definition) is 2. The molecule has 3 aromatic rings. The Morgan fingerprint density at radius 1 is 1.00 bits per heavy atom. The van der Waals surface area contributed by atoms with Crippen molar-refractivity contribution in [2.75, 3.05) is 11.9 Å². The zero-order chi connectivity index (χ0) is 18.2. The molecule has 2 amide bonds. The fourth-order valence-corrected chi connectivity index (χ4v) is 2.17. The van der Waals surface area contributed by atoms with Gasteiger partial charge in [0.2, 0.25) is 23.5 Å². The number of para-hydroxylation sites is 1. The molecule has 0 unspecified atom stereocenters. The van der Waals surface area contributed by atoms with Crippen molar-refractivity contribution in [1.29, 1.82) is 0 Å². The lowest BCUT2D eigenvalue weighted by molar-refractivity contribution is -0.124. The minimum absolute atomic E-state index is 0.100. The summed E-state index contributed by atoms with van der Waals surface area (Å²) in [4.78, 5) is 32.0. The van der Waals surface area contributed by atoms with Crippen molar-refractivity contribution < 1.29 is 14.1 Å². The van der Waals surface area contributed by atoms with Gasteiger partial charge in [0, 0.05) is 24.7 Å². The van der Waals surface area contributed by atoms with Crippen LogP contribution in [0.5, 0.6) is 0 Å². The molecule has 0 aliphatic rings. The predicted molar refractivity (Wildman–Crippen MR) is 93.9 cm³/mol. The van der Waals surface area contributed by atoms with Crippen molar-refractivity contribution >= 4 is 17.5 Å². The number of benzene rings is 1. The number of rotatable bonds is 7. The summed E-state index contributed by atoms with van der Waals surface area (Å²) in [6, 6.07) is 14.4. The number of nitrogens with one attached hydrogen (secondary N) is 2. The molecule has 2 N–H and O–H groups in total. The third-order valence-electron chi connectivity index (χ3n) is 3.43. The van der Waals surface area contributed by atoms with Crippen molar-refractivity contribution in [3.8, 4) is 11.5 Å². The molecule has 26 heavy (non-hydrogen) atoms. The summed E-state index contributed by atoms with van der Waals surface area (Å²) in [5.74, 6) is 0.156. The number of carbonyl (C=O) groups excluding carboxylic acids is 2. The van der Waals surface area contributed by atoms with Gasteiger partial charge in [-0.15, -0.1) is 0 Å². The van der Waals surface area contributed by atoms with E-state index in [-0.39, 0.29) is 31.2 Å². The van der Waals surface area contributed by atoms with Gasteiger partial charge in [0.25, 0.3) is 0 Å². The van der Waals surface area contributed by atoms with Crippen LogP contribution in [0.1, 0.15) is 12.3 Å². The van der Waals surface area contributed by atoms with Crippen LogP contribution in [0, 0.1) is 0 Å². The van der Waals surface area contributed by atoms with Gasteiger partial charge in [0.15, 0.2) is 0 Å². The van der Waals surface area contributed by atoms with Gasteiger partial charge in [0.05, 0.1) is 6.54 Å². The average Bonchev–Trinajstić information content (AvgIpc) is 3.15. The molecule has 0 aliphatic carbocycles. The molecule has 0 saturated carbocycles. The standard InChI is InChI=1S/C18H17N5O3/c24-15(20-12-16(25)21-13-6-2-1-3-7-13)9-10-17-22-18(23-26-17)14-8-4-5-11-19-14/h1-8,11H,9-10,12H2,(H,20,24)(H,21,25). The zero-order valence-corrected chi connectivity index (χ0v) is 13.9. The minimum Gasteiger partial charge on any atom is -0.347 e. The summed E-state index contributed by atoms with van der Waals surface area (Å²) in [6.07, 6.45) is 2.06. The lowest BCUT2D eigenvalue weighted by Crippen LogP contribution is -2.32. The second kappa shape index (κ2) is 8.52. The van der Waals surface area contributed by atoms with Crippen LogP contribution in [0.25, 0.3) is 11.5 Å². The van der Waals surface area contributed by atoms with Crippen LogP contribution in [0.15, 0.2) is 59.3 Å². The van der Waals surface area contributed by atoms with E-state index in [1.54, 1.807) is 30.5 Å². The maximum atomic E-state index is 11.9. The Balaban J connectivity index is 1.42. The molecule has 0 spiro atoms. The molecule has 2 aromatic heterocycles. The number of carbonyl (C=O) groups is 2. The van der Waals surface area contributed by atoms with E-state index in [1.165, 1.54) is 0 Å². The smallest absolute Gasteiger partial charge is 0.243 e. The molecule has 0 bridgehead atoms. The lowest BCUT2D eigenvalue weighted by atomic mass is 10.3. The molecule has 0 atom stereocenters. The van der Waals surface area contributed by atoms with E-state index >= 15 is 0 Å². The number of aromatic nitrogens is 3. The van der Waals surface area contributed by atoms with Crippen molar-refractivity contribution in [3.63, 3.8) is 0 Å². The van der Waals surface area contributed by atoms with Crippen LogP contribution in [-0.2, 0) is 16.0 Å². The average molecular weight is 351 g/mol. The molecule has 8 nitrogen and oxygen atoms in total. The minimum atomic E-state index is -0.292. The number of amides is 2. The Labute approximate surface area is 149 Å². The molecular formula is C18H17N5O3. The summed E-state index contributed by atoms with van der Waals surface area (Å²) in [5, 5.41) is 9.09. The van der Waals surface area contributed by atoms with E-state index in [9.17, 15) is 9.59 Å². The van der Waals surface area contributed by atoms with Gasteiger partial charge < -0.3 is 15.2 Å². The highest BCUT2D eigenvalue weighted by Gasteiger charge is 2.12. The van der Waals surface area contributed by atoms with E-state index in [4.69, 9.17) is 4.52 Å². The molecule has 0 saturated heterocycles. The van der Waals surface area contributed by atoms with Crippen LogP contribution < -0.4 is 10.6 Å². The molecule has 3 rings (SSSR count). The molecular weight excluding hydrogens is 334 g/mol. The van der Waals surface area contributed by atoms with Gasteiger partial charge in [-0.1, -0.05) is 29.4 Å². The fourth-order valence-electron chi connectivity index (χ4n) is 2.17. The summed E-state index contributed by atoms with van der Waals surface area (Å²) in [7, 11) is 0. The number of anilines is 1. The molecule has 2 heterocycles. The normalized spacial score (nSPS) is 10.3. The van der Waals surface area contributed by atoms with E-state index in [0.29, 0.717) is 23.1 Å². The second-order valence-electron chi connectivity index (χ2n) is 5.42. The van der Waals surface area contributed by atoms with Crippen molar-refractivity contribution in [2.45, 2.75) is 12.8 Å². The molecule has 8 heteroatoms. The van der Waals surface area contributed by atoms with Gasteiger partial charge in [-0.3, -0.25) is 14.6 Å². The highest BCUT2D eigenvalue weighted by atomic mass is 16.5. The molecule has 1 aromatic carbocycles. The van der Waals surface area contributed by atoms with Gasteiger partial charge in [0.1, 0.15) is 5.69 Å². The first-order chi connectivity index (χ1) is 12.7. The Bertz CT molecular complexity index is 865. The Morgan fingerprint density at radius 2 is 1.81 bits per heavy atom. The Hall–Kier alpha value is -3.55. The summed E-state index contributed by atoms with van der Waals surface area (Å²) in [5.41, 5.74) is 1.28. The quantitative estimate of drug-likeness (QED) is 0.672. The monoisotopic (exact) mass is 351 g/mol. The SMILES string of the molecule is O=C(CCc1nc(-c2ccccn2)no1)NCC(=O)Nc1ccccc1. The van der Waals surface area contributed by atoms with Crippen molar-refractivity contribution in [2.24, 2.45) is 0 Å². The number of aryl methyl sites for hydroxylation is 1. The maximum Gasteiger partial charge on any atom is 0.243 e. The highest BCUT2D eigenvalue weighted by Crippen LogP contribution is 2.12. The van der Waals surface area contributed by atoms with Crippen LogP contribution in [0.3, 0.4) is 0 Å². The predicted octanol–water partition coefficient (Wildman–Crippen LogP) is 1.82. The second-order valence-corrected chi connectivity index (χ2v) is 5.42. The number of hydrogen-bond acceptors (Lipinski definition) is 6. The third-order valence-corrected chi connectivity index (χ3v) is 3.43. The number of nitrogens with zero attached hydrogens (tertiary/aromatic N) is 3. The largest absolute Gasteiger partial charge is 0.347 e. The van der Waals surface area contributed by atoms with Crippen LogP contribution in [-0.4, -0.2) is 33.5 Å². The first-order valence-corrected chi connectivity index (χ1v) is 8.06. The summed E-state index contributed by atoms with van der Waals surface area (Å²) >= 11 is 0. The molecule has 0 fully saturated rings. The molecule has 0 radical (unpaired) electrons. The van der Waals surface area contributed by atoms with Gasteiger partial charge in [-0.05, 0) is 24.3 Å². The van der Waals surface area contributed by atoms with Crippen LogP contribution in [0.4, 0.5) is 5.69 Å². The first kappa shape index (κ1) is 17.3. The highest BCUT2D eigenvalue weighted by molar-refractivity contribution is 5.94. The maximum absolute atomic E-state index is 11.9. The third kappa shape index (κ3) is 4.97. The molecule has 0 aliphatic heterocycles. The Morgan fingerprint density at radius 3 is 2.58 bits per heavy atom. The van der Waals surface area contributed by atoms with Crippen LogP contribution >= 0.6 is 0 Å². The van der Waals surface area contributed by atoms with Gasteiger partial charge >= 0.3 is 0 Å². The van der Waals surface area contributed by atoms with Crippen LogP contribution in [0.2, 0.25) is 0 Å². The topological polar surface area (TPSA) is 110 Å². The zero-order valence-electron chi connectivity index (χ0n) is 13.9. The molecule has 132 valence electrons. The van der Waals surface area contributed by atoms with Crippen molar-refractivity contribution in [3.05, 3.63) is 60.6 Å². The summed E-state index contributed by atoms with van der Waals surface area (Å²) in [6.45, 7) is -0.100. The van der Waals surface area contributed by atoms with Gasteiger partial charge in [-0.25, -0.2) is 0 Å². The van der Waals surface area contributed by atoms with E-state index in [2.05, 4.69) is 25.8 Å². The first-order valence-electron chi connectivity index (χ1n) is 8.06. The lowest BCUT2D eigenvalue weighted by Gasteiger charge is -2.06.